The van der Waals surface area contributed by atoms with E-state index in [1.54, 1.807) is 29.9 Å². The van der Waals surface area contributed by atoms with Crippen molar-refractivity contribution in [1.29, 1.82) is 0 Å². The number of rotatable bonds is 4. The van der Waals surface area contributed by atoms with E-state index in [1.807, 2.05) is 73.7 Å². The third-order valence-corrected chi connectivity index (χ3v) is 8.06. The van der Waals surface area contributed by atoms with Crippen LogP contribution in [0.25, 0.3) is 11.1 Å². The molecule has 0 radical (unpaired) electrons. The van der Waals surface area contributed by atoms with E-state index in [4.69, 9.17) is 4.52 Å². The lowest BCUT2D eigenvalue weighted by atomic mass is 10.0. The fraction of sp³-hybridized carbons (Fsp3) is 0.217. The Hall–Kier alpha value is -2.26. The van der Waals surface area contributed by atoms with Crippen LogP contribution in [0.5, 0.6) is 0 Å². The van der Waals surface area contributed by atoms with Gasteiger partial charge in [0.2, 0.25) is 5.91 Å². The van der Waals surface area contributed by atoms with Crippen LogP contribution < -0.4 is 0 Å². The third-order valence-electron chi connectivity index (χ3n) is 5.42. The maximum Gasteiger partial charge on any atom is 0.311 e. The summed E-state index contributed by atoms with van der Waals surface area (Å²) in [6.45, 7) is 1.92. The summed E-state index contributed by atoms with van der Waals surface area (Å²) >= 11 is 0. The Morgan fingerprint density at radius 1 is 0.929 bits per heavy atom. The largest absolute Gasteiger partial charge is 0.311 e. The van der Waals surface area contributed by atoms with E-state index in [9.17, 15) is 4.57 Å². The Bertz CT molecular complexity index is 996. The van der Waals surface area contributed by atoms with Gasteiger partial charge in [0.25, 0.3) is 0 Å². The zero-order valence-electron chi connectivity index (χ0n) is 15.9. The third kappa shape index (κ3) is 3.33. The van der Waals surface area contributed by atoms with Gasteiger partial charge in [0.1, 0.15) is 6.10 Å². The van der Waals surface area contributed by atoms with Crippen molar-refractivity contribution in [1.82, 2.24) is 4.67 Å². The molecule has 3 aromatic carbocycles. The van der Waals surface area contributed by atoms with Crippen LogP contribution in [0, 0.1) is 0 Å². The molecule has 1 heterocycles. The first-order valence-electron chi connectivity index (χ1n) is 9.36. The molecule has 0 saturated carbocycles. The molecule has 0 aromatic heterocycles. The van der Waals surface area contributed by atoms with Crippen LogP contribution in [-0.4, -0.2) is 17.8 Å². The molecule has 0 N–H and O–H groups in total. The van der Waals surface area contributed by atoms with Crippen LogP contribution >= 0.6 is 7.52 Å². The molecule has 1 aliphatic rings. The minimum absolute atomic E-state index is 0.191. The first-order chi connectivity index (χ1) is 13.5. The Morgan fingerprint density at radius 3 is 2.21 bits per heavy atom. The fourth-order valence-corrected chi connectivity index (χ4v) is 6.02. The topological polar surface area (TPSA) is 29.5 Å². The van der Waals surface area contributed by atoms with Gasteiger partial charge in [0.05, 0.1) is 0 Å². The van der Waals surface area contributed by atoms with Gasteiger partial charge in [0.15, 0.2) is 0 Å². The molecule has 4 atom stereocenters. The number of halogens is 1. The van der Waals surface area contributed by atoms with E-state index < -0.39 is 19.5 Å². The summed E-state index contributed by atoms with van der Waals surface area (Å²) in [4.78, 5) is 0. The lowest BCUT2D eigenvalue weighted by molar-refractivity contribution is 0.203. The lowest BCUT2D eigenvalue weighted by Crippen LogP contribution is -2.24. The van der Waals surface area contributed by atoms with Gasteiger partial charge >= 0.3 is 7.52 Å². The summed E-state index contributed by atoms with van der Waals surface area (Å²) < 4.78 is 36.7. The summed E-state index contributed by atoms with van der Waals surface area (Å²) in [5.74, 6) is -1.71. The highest BCUT2D eigenvalue weighted by atomic mass is 31.2. The number of hydrogen-bond acceptors (Lipinski definition) is 2. The lowest BCUT2D eigenvalue weighted by Gasteiger charge is -2.24. The van der Waals surface area contributed by atoms with Crippen molar-refractivity contribution in [3.63, 3.8) is 0 Å². The molecular weight excluding hydrogens is 372 g/mol. The molecule has 144 valence electrons. The first kappa shape index (κ1) is 19.1. The van der Waals surface area contributed by atoms with Crippen LogP contribution in [0.15, 0.2) is 84.9 Å². The van der Waals surface area contributed by atoms with Crippen LogP contribution in [0.4, 0.5) is 4.39 Å². The second-order valence-electron chi connectivity index (χ2n) is 7.14. The van der Waals surface area contributed by atoms with Crippen LogP contribution in [0.2, 0.25) is 0 Å². The van der Waals surface area contributed by atoms with E-state index in [-0.39, 0.29) is 6.04 Å². The molecule has 3 nitrogen and oxygen atoms in total. The minimum atomic E-state index is -3.70. The highest BCUT2D eigenvalue weighted by molar-refractivity contribution is 7.56. The van der Waals surface area contributed by atoms with Crippen molar-refractivity contribution in [2.45, 2.75) is 25.0 Å². The Balaban J connectivity index is 1.66. The predicted octanol–water partition coefficient (Wildman–Crippen LogP) is 6.61. The van der Waals surface area contributed by atoms with Gasteiger partial charge in [0, 0.05) is 6.04 Å². The molecule has 0 aliphatic carbocycles. The average molecular weight is 395 g/mol. The fourth-order valence-electron chi connectivity index (χ4n) is 3.66. The van der Waals surface area contributed by atoms with Gasteiger partial charge in [-0.3, -0.25) is 4.57 Å². The van der Waals surface area contributed by atoms with E-state index in [1.165, 1.54) is 0 Å². The summed E-state index contributed by atoms with van der Waals surface area (Å²) in [5.41, 5.74) is 3.16. The van der Waals surface area contributed by atoms with Gasteiger partial charge in [-0.2, -0.15) is 0 Å². The van der Waals surface area contributed by atoms with E-state index in [2.05, 4.69) is 0 Å². The van der Waals surface area contributed by atoms with Crippen LogP contribution in [-0.2, 0) is 9.09 Å². The first-order valence-corrected chi connectivity index (χ1v) is 11.0. The smallest absolute Gasteiger partial charge is 0.305 e. The van der Waals surface area contributed by atoms with Crippen LogP contribution in [0.3, 0.4) is 0 Å². The number of nitrogens with zero attached hydrogens (tertiary/aromatic N) is 1. The van der Waals surface area contributed by atoms with Gasteiger partial charge in [-0.15, -0.1) is 0 Å². The average Bonchev–Trinajstić information content (AvgIpc) is 3.00. The summed E-state index contributed by atoms with van der Waals surface area (Å²) in [5, 5.41) is 0. The van der Waals surface area contributed by atoms with Gasteiger partial charge in [-0.05, 0) is 42.3 Å². The van der Waals surface area contributed by atoms with E-state index in [0.29, 0.717) is 5.56 Å². The molecule has 4 rings (SSSR count). The predicted molar refractivity (Wildman–Crippen MR) is 111 cm³/mol. The summed E-state index contributed by atoms with van der Waals surface area (Å²) in [6.07, 6.45) is -0.424. The summed E-state index contributed by atoms with van der Waals surface area (Å²) in [6, 6.07) is 26.3. The molecule has 5 heteroatoms. The number of alkyl halides is 1. The van der Waals surface area contributed by atoms with Gasteiger partial charge in [-0.1, -0.05) is 78.9 Å². The number of benzene rings is 3. The molecule has 0 amide bonds. The second kappa shape index (κ2) is 7.63. The van der Waals surface area contributed by atoms with Gasteiger partial charge < -0.3 is 4.52 Å². The molecule has 0 bridgehead atoms. The van der Waals surface area contributed by atoms with E-state index in [0.717, 1.165) is 16.7 Å². The zero-order chi connectivity index (χ0) is 19.7. The Morgan fingerprint density at radius 2 is 1.54 bits per heavy atom. The quantitative estimate of drug-likeness (QED) is 0.466. The molecule has 1 saturated heterocycles. The summed E-state index contributed by atoms with van der Waals surface area (Å²) in [7, 11) is -2.01. The molecular formula is C23H23FNO2P. The van der Waals surface area contributed by atoms with Gasteiger partial charge in [-0.25, -0.2) is 9.06 Å². The van der Waals surface area contributed by atoms with Crippen molar-refractivity contribution in [3.8, 4) is 11.1 Å². The highest BCUT2D eigenvalue weighted by Gasteiger charge is 2.52. The standard InChI is InChI=1S/C23H23FNO2P/c1-17-22(19-12-7-4-8-13-19)27-28(26,25(17)2)23(24)21-15-9-14-20(16-21)18-10-5-3-6-11-18/h3-17,22-23H,1-2H3/t17-,22-,23-,28+/m0/s1. The molecule has 0 spiro atoms. The van der Waals surface area contributed by atoms with E-state index >= 15 is 4.39 Å². The molecule has 0 unspecified atom stereocenters. The van der Waals surface area contributed by atoms with Crippen molar-refractivity contribution >= 4 is 7.52 Å². The van der Waals surface area contributed by atoms with Crippen LogP contribution in [0.1, 0.15) is 30.1 Å². The molecule has 1 fully saturated rings. The number of likely N-dealkylation sites (N-methyl/N-ethyl adjacent to an activating group) is 1. The van der Waals surface area contributed by atoms with Crippen molar-refractivity contribution < 1.29 is 13.5 Å². The highest BCUT2D eigenvalue weighted by Crippen LogP contribution is 2.70. The zero-order valence-corrected chi connectivity index (χ0v) is 16.8. The maximum atomic E-state index is 15.6. The SMILES string of the molecule is C[C@H]1[C@@H](c2ccccc2)O[P@](=O)([C@H](F)c2cccc(-c3ccccc3)c2)N1C. The van der Waals surface area contributed by atoms with Crippen molar-refractivity contribution in [3.05, 3.63) is 96.1 Å². The van der Waals surface area contributed by atoms with Crippen molar-refractivity contribution in [2.75, 3.05) is 7.05 Å². The second-order valence-corrected chi connectivity index (χ2v) is 9.57. The van der Waals surface area contributed by atoms with Crippen molar-refractivity contribution in [2.24, 2.45) is 0 Å². The monoisotopic (exact) mass is 395 g/mol. The maximum absolute atomic E-state index is 15.6. The Kier molecular flexibility index (Phi) is 5.20. The molecule has 1 aliphatic heterocycles. The minimum Gasteiger partial charge on any atom is -0.305 e. The normalized spacial score (nSPS) is 26.2. The molecule has 28 heavy (non-hydrogen) atoms. The number of hydrogen-bond donors (Lipinski definition) is 0. The Labute approximate surface area is 165 Å². The molecule has 3 aromatic rings.